The quantitative estimate of drug-likeness (QED) is 0.613. The maximum atomic E-state index is 12.2. The second-order valence-corrected chi connectivity index (χ2v) is 6.48. The van der Waals surface area contributed by atoms with Crippen molar-refractivity contribution in [2.24, 2.45) is 0 Å². The molecule has 1 aliphatic rings. The van der Waals surface area contributed by atoms with Gasteiger partial charge in [0.25, 0.3) is 11.7 Å². The summed E-state index contributed by atoms with van der Waals surface area (Å²) >= 11 is 0.486. The van der Waals surface area contributed by atoms with Gasteiger partial charge < -0.3 is 10.2 Å². The SMILES string of the molecule is O=C(NCCCN1CCCCC1)c1ccc(SC(F)F)cc1. The van der Waals surface area contributed by atoms with E-state index in [0.29, 0.717) is 28.8 Å². The van der Waals surface area contributed by atoms with Gasteiger partial charge in [-0.1, -0.05) is 18.2 Å². The fraction of sp³-hybridized carbons (Fsp3) is 0.562. The molecule has 0 saturated carbocycles. The van der Waals surface area contributed by atoms with E-state index in [0.717, 1.165) is 26.1 Å². The van der Waals surface area contributed by atoms with Gasteiger partial charge in [0.15, 0.2) is 0 Å². The summed E-state index contributed by atoms with van der Waals surface area (Å²) in [6.07, 6.45) is 4.81. The second-order valence-electron chi connectivity index (χ2n) is 5.41. The lowest BCUT2D eigenvalue weighted by Crippen LogP contribution is -2.33. The lowest BCUT2D eigenvalue weighted by molar-refractivity contribution is 0.0951. The van der Waals surface area contributed by atoms with Gasteiger partial charge in [-0.25, -0.2) is 0 Å². The number of halogens is 2. The molecule has 22 heavy (non-hydrogen) atoms. The summed E-state index contributed by atoms with van der Waals surface area (Å²) in [5.74, 6) is -2.58. The van der Waals surface area contributed by atoms with Crippen molar-refractivity contribution in [2.75, 3.05) is 26.2 Å². The highest BCUT2D eigenvalue weighted by Gasteiger charge is 2.10. The molecule has 2 rings (SSSR count). The minimum absolute atomic E-state index is 0.146. The van der Waals surface area contributed by atoms with Crippen LogP contribution in [-0.4, -0.2) is 42.7 Å². The molecular formula is C16H22F2N2OS. The normalized spacial score (nSPS) is 16.0. The van der Waals surface area contributed by atoms with Gasteiger partial charge in [0.2, 0.25) is 0 Å². The van der Waals surface area contributed by atoms with Crippen LogP contribution in [0, 0.1) is 0 Å². The molecule has 1 aromatic carbocycles. The van der Waals surface area contributed by atoms with Gasteiger partial charge in [-0.2, -0.15) is 8.78 Å². The Bertz CT molecular complexity index is 462. The molecule has 0 aliphatic carbocycles. The minimum Gasteiger partial charge on any atom is -0.352 e. The molecule has 1 aromatic rings. The average molecular weight is 328 g/mol. The van der Waals surface area contributed by atoms with Crippen molar-refractivity contribution < 1.29 is 13.6 Å². The van der Waals surface area contributed by atoms with Crippen LogP contribution in [-0.2, 0) is 0 Å². The summed E-state index contributed by atoms with van der Waals surface area (Å²) in [5.41, 5.74) is 0.511. The van der Waals surface area contributed by atoms with E-state index < -0.39 is 5.76 Å². The topological polar surface area (TPSA) is 32.3 Å². The van der Waals surface area contributed by atoms with Gasteiger partial charge in [0.05, 0.1) is 0 Å². The zero-order valence-corrected chi connectivity index (χ0v) is 13.4. The van der Waals surface area contributed by atoms with Crippen LogP contribution in [0.1, 0.15) is 36.0 Å². The Morgan fingerprint density at radius 2 is 1.86 bits per heavy atom. The molecule has 1 saturated heterocycles. The van der Waals surface area contributed by atoms with Gasteiger partial charge in [-0.3, -0.25) is 4.79 Å². The molecule has 6 heteroatoms. The van der Waals surface area contributed by atoms with Crippen LogP contribution in [0.3, 0.4) is 0 Å². The molecule has 1 amide bonds. The molecule has 1 heterocycles. The van der Waals surface area contributed by atoms with Crippen LogP contribution < -0.4 is 5.32 Å². The van der Waals surface area contributed by atoms with E-state index in [1.165, 1.54) is 19.3 Å². The number of rotatable bonds is 7. The summed E-state index contributed by atoms with van der Waals surface area (Å²) in [5, 5.41) is 2.88. The fourth-order valence-electron chi connectivity index (χ4n) is 2.58. The largest absolute Gasteiger partial charge is 0.352 e. The Morgan fingerprint density at radius 1 is 1.18 bits per heavy atom. The number of benzene rings is 1. The van der Waals surface area contributed by atoms with Crippen molar-refractivity contribution >= 4 is 17.7 Å². The lowest BCUT2D eigenvalue weighted by Gasteiger charge is -2.26. The fourth-order valence-corrected chi connectivity index (χ4v) is 3.08. The third kappa shape index (κ3) is 5.93. The first-order valence-corrected chi connectivity index (χ1v) is 8.58. The van der Waals surface area contributed by atoms with E-state index in [1.807, 2.05) is 0 Å². The van der Waals surface area contributed by atoms with Gasteiger partial charge in [0, 0.05) is 17.0 Å². The Labute approximate surface area is 134 Å². The summed E-state index contributed by atoms with van der Waals surface area (Å²) < 4.78 is 24.4. The molecule has 0 radical (unpaired) electrons. The predicted octanol–water partition coefficient (Wildman–Crippen LogP) is 3.61. The zero-order valence-electron chi connectivity index (χ0n) is 12.6. The first kappa shape index (κ1) is 17.2. The number of carbonyl (C=O) groups is 1. The van der Waals surface area contributed by atoms with Crippen molar-refractivity contribution in [3.05, 3.63) is 29.8 Å². The molecule has 3 nitrogen and oxygen atoms in total. The van der Waals surface area contributed by atoms with Gasteiger partial charge >= 0.3 is 0 Å². The molecule has 122 valence electrons. The summed E-state index contributed by atoms with van der Waals surface area (Å²) in [7, 11) is 0. The molecule has 1 fully saturated rings. The minimum atomic E-state index is -2.44. The monoisotopic (exact) mass is 328 g/mol. The number of hydrogen-bond donors (Lipinski definition) is 1. The van der Waals surface area contributed by atoms with Crippen LogP contribution in [0.4, 0.5) is 8.78 Å². The third-order valence-electron chi connectivity index (χ3n) is 3.73. The van der Waals surface area contributed by atoms with E-state index in [-0.39, 0.29) is 5.91 Å². The van der Waals surface area contributed by atoms with E-state index in [2.05, 4.69) is 10.2 Å². The zero-order chi connectivity index (χ0) is 15.8. The molecule has 0 aromatic heterocycles. The molecule has 1 N–H and O–H groups in total. The molecule has 1 aliphatic heterocycles. The highest BCUT2D eigenvalue weighted by Crippen LogP contribution is 2.25. The smallest absolute Gasteiger partial charge is 0.288 e. The van der Waals surface area contributed by atoms with Gasteiger partial charge in [0.1, 0.15) is 0 Å². The summed E-state index contributed by atoms with van der Waals surface area (Å²) in [6.45, 7) is 3.99. The van der Waals surface area contributed by atoms with E-state index in [4.69, 9.17) is 0 Å². The maximum absolute atomic E-state index is 12.2. The maximum Gasteiger partial charge on any atom is 0.288 e. The molecule has 0 unspecified atom stereocenters. The van der Waals surface area contributed by atoms with Crippen molar-refractivity contribution in [1.29, 1.82) is 0 Å². The number of likely N-dealkylation sites (tertiary alicyclic amines) is 1. The number of piperidine rings is 1. The van der Waals surface area contributed by atoms with E-state index in [9.17, 15) is 13.6 Å². The molecule has 0 bridgehead atoms. The lowest BCUT2D eigenvalue weighted by atomic mass is 10.1. The van der Waals surface area contributed by atoms with Crippen LogP contribution >= 0.6 is 11.8 Å². The summed E-state index contributed by atoms with van der Waals surface area (Å²) in [4.78, 5) is 14.9. The number of amides is 1. The molecule has 0 spiro atoms. The highest BCUT2D eigenvalue weighted by molar-refractivity contribution is 7.99. The number of thioether (sulfide) groups is 1. The molecular weight excluding hydrogens is 306 g/mol. The predicted molar refractivity (Wildman–Crippen MR) is 85.5 cm³/mol. The summed E-state index contributed by atoms with van der Waals surface area (Å²) in [6, 6.07) is 6.29. The van der Waals surface area contributed by atoms with Crippen molar-refractivity contribution in [1.82, 2.24) is 10.2 Å². The molecule has 0 atom stereocenters. The van der Waals surface area contributed by atoms with Crippen LogP contribution in [0.5, 0.6) is 0 Å². The number of carbonyl (C=O) groups excluding carboxylic acids is 1. The third-order valence-corrected chi connectivity index (χ3v) is 4.45. The van der Waals surface area contributed by atoms with E-state index >= 15 is 0 Å². The number of nitrogens with zero attached hydrogens (tertiary/aromatic N) is 1. The van der Waals surface area contributed by atoms with Crippen LogP contribution in [0.25, 0.3) is 0 Å². The standard InChI is InChI=1S/C16H22F2N2OS/c17-16(18)22-14-7-5-13(6-8-14)15(21)19-9-4-12-20-10-2-1-3-11-20/h5-8,16H,1-4,9-12H2,(H,19,21). The number of alkyl halides is 2. The Kier molecular flexibility index (Phi) is 7.12. The first-order chi connectivity index (χ1) is 10.6. The van der Waals surface area contributed by atoms with Crippen LogP contribution in [0.15, 0.2) is 29.2 Å². The number of hydrogen-bond acceptors (Lipinski definition) is 3. The Morgan fingerprint density at radius 3 is 2.50 bits per heavy atom. The Hall–Kier alpha value is -1.14. The van der Waals surface area contributed by atoms with Gasteiger partial charge in [-0.05, 0) is 63.2 Å². The van der Waals surface area contributed by atoms with Gasteiger partial charge in [-0.15, -0.1) is 0 Å². The average Bonchev–Trinajstić information content (AvgIpc) is 2.52. The van der Waals surface area contributed by atoms with Crippen molar-refractivity contribution in [2.45, 2.75) is 36.3 Å². The number of nitrogens with one attached hydrogen (secondary N) is 1. The Balaban J connectivity index is 1.68. The highest BCUT2D eigenvalue weighted by atomic mass is 32.2. The van der Waals surface area contributed by atoms with E-state index in [1.54, 1.807) is 24.3 Å². The first-order valence-electron chi connectivity index (χ1n) is 7.70. The second kappa shape index (κ2) is 9.10. The van der Waals surface area contributed by atoms with Crippen molar-refractivity contribution in [3.8, 4) is 0 Å². The van der Waals surface area contributed by atoms with Crippen LogP contribution in [0.2, 0.25) is 0 Å². The van der Waals surface area contributed by atoms with Crippen molar-refractivity contribution in [3.63, 3.8) is 0 Å².